The minimum Gasteiger partial charge on any atom is -0.431 e. The molecule has 0 unspecified atom stereocenters. The van der Waals surface area contributed by atoms with E-state index in [9.17, 15) is 0 Å². The van der Waals surface area contributed by atoms with Crippen molar-refractivity contribution in [3.05, 3.63) is 30.2 Å². The lowest BCUT2D eigenvalue weighted by Crippen LogP contribution is -1.70. The van der Waals surface area contributed by atoms with Gasteiger partial charge >= 0.3 is 0 Å². The van der Waals surface area contributed by atoms with Gasteiger partial charge in [-0.1, -0.05) is 6.58 Å². The lowest BCUT2D eigenvalue weighted by atomic mass is 10.3. The van der Waals surface area contributed by atoms with Gasteiger partial charge in [0.25, 0.3) is 5.22 Å². The van der Waals surface area contributed by atoms with Crippen LogP contribution in [0, 0.1) is 0 Å². The predicted octanol–water partition coefficient (Wildman–Crippen LogP) is 3.79. The fourth-order valence-electron chi connectivity index (χ4n) is 1.13. The quantitative estimate of drug-likeness (QED) is 0.739. The largest absolute Gasteiger partial charge is 0.431 e. The highest BCUT2D eigenvalue weighted by atomic mass is 32.2. The molecular weight excluding hydrogens is 214 g/mol. The third kappa shape index (κ3) is 1.81. The van der Waals surface area contributed by atoms with E-state index in [4.69, 9.17) is 4.42 Å². The fraction of sp³-hybridized carbons (Fsp3) is 0.100. The number of nitrogens with zero attached hydrogens (tertiary/aromatic N) is 1. The molecular formula is C10H9NOS2. The normalized spacial score (nSPS) is 10.6. The Bertz CT molecular complexity index is 464. The zero-order valence-electron chi connectivity index (χ0n) is 7.69. The minimum atomic E-state index is 0.647. The van der Waals surface area contributed by atoms with Crippen LogP contribution >= 0.6 is 23.5 Å². The molecule has 4 heteroatoms. The van der Waals surface area contributed by atoms with Crippen LogP contribution in [0.2, 0.25) is 0 Å². The Morgan fingerprint density at radius 1 is 1.50 bits per heavy atom. The maximum Gasteiger partial charge on any atom is 0.261 e. The number of thioether (sulfide) groups is 2. The summed E-state index contributed by atoms with van der Waals surface area (Å²) in [6, 6.07) is 6.01. The van der Waals surface area contributed by atoms with E-state index in [2.05, 4.69) is 11.6 Å². The van der Waals surface area contributed by atoms with E-state index in [1.807, 2.05) is 24.5 Å². The molecule has 0 aliphatic carbocycles. The molecule has 0 saturated carbocycles. The monoisotopic (exact) mass is 223 g/mol. The summed E-state index contributed by atoms with van der Waals surface area (Å²) in [5, 5.41) is 2.36. The number of benzene rings is 1. The molecule has 1 heterocycles. The lowest BCUT2D eigenvalue weighted by molar-refractivity contribution is 0.490. The molecule has 1 aromatic heterocycles. The molecule has 14 heavy (non-hydrogen) atoms. The van der Waals surface area contributed by atoms with Gasteiger partial charge in [-0.25, -0.2) is 4.98 Å². The molecule has 0 bridgehead atoms. The molecule has 0 aliphatic rings. The van der Waals surface area contributed by atoms with Crippen molar-refractivity contribution in [3.63, 3.8) is 0 Å². The first-order valence-electron chi connectivity index (χ1n) is 4.05. The Morgan fingerprint density at radius 2 is 2.36 bits per heavy atom. The summed E-state index contributed by atoms with van der Waals surface area (Å²) in [4.78, 5) is 5.48. The van der Waals surface area contributed by atoms with E-state index in [0.29, 0.717) is 5.22 Å². The van der Waals surface area contributed by atoms with Crippen LogP contribution in [0.5, 0.6) is 0 Å². The van der Waals surface area contributed by atoms with Gasteiger partial charge in [0.2, 0.25) is 0 Å². The molecule has 0 N–H and O–H groups in total. The molecule has 0 atom stereocenters. The molecule has 1 aromatic carbocycles. The molecule has 0 spiro atoms. The second kappa shape index (κ2) is 4.11. The summed E-state index contributed by atoms with van der Waals surface area (Å²) in [5.41, 5.74) is 1.73. The smallest absolute Gasteiger partial charge is 0.261 e. The first-order valence-corrected chi connectivity index (χ1v) is 6.16. The summed E-state index contributed by atoms with van der Waals surface area (Å²) < 4.78 is 5.52. The van der Waals surface area contributed by atoms with Gasteiger partial charge < -0.3 is 4.42 Å². The summed E-state index contributed by atoms with van der Waals surface area (Å²) in [6.07, 6.45) is 2.04. The third-order valence-corrected chi connectivity index (χ3v) is 3.03. The number of oxazole rings is 1. The van der Waals surface area contributed by atoms with Crippen LogP contribution in [0.3, 0.4) is 0 Å². The van der Waals surface area contributed by atoms with Crippen LogP contribution in [0.1, 0.15) is 0 Å². The number of rotatable bonds is 3. The van der Waals surface area contributed by atoms with Crippen LogP contribution in [-0.4, -0.2) is 11.2 Å². The van der Waals surface area contributed by atoms with Gasteiger partial charge in [0.05, 0.1) is 0 Å². The summed E-state index contributed by atoms with van der Waals surface area (Å²) in [5.74, 6) is 0. The van der Waals surface area contributed by atoms with Gasteiger partial charge in [0.15, 0.2) is 5.58 Å². The van der Waals surface area contributed by atoms with Crippen LogP contribution in [0.25, 0.3) is 11.1 Å². The number of fused-ring (bicyclic) bond motifs is 1. The van der Waals surface area contributed by atoms with E-state index >= 15 is 0 Å². The number of hydrogen-bond acceptors (Lipinski definition) is 4. The molecule has 0 amide bonds. The SMILES string of the molecule is C=CSc1nc2ccc(SC)cc2o1. The highest BCUT2D eigenvalue weighted by molar-refractivity contribution is 8.01. The number of aromatic nitrogens is 1. The van der Waals surface area contributed by atoms with Gasteiger partial charge in [-0.05, 0) is 41.6 Å². The van der Waals surface area contributed by atoms with Crippen molar-refractivity contribution >= 4 is 34.6 Å². The Balaban J connectivity index is 2.48. The summed E-state index contributed by atoms with van der Waals surface area (Å²) in [6.45, 7) is 3.62. The van der Waals surface area contributed by atoms with E-state index in [1.165, 1.54) is 16.7 Å². The van der Waals surface area contributed by atoms with Crippen molar-refractivity contribution in [3.8, 4) is 0 Å². The van der Waals surface area contributed by atoms with Gasteiger partial charge in [-0.2, -0.15) is 0 Å². The maximum absolute atomic E-state index is 5.52. The summed E-state index contributed by atoms with van der Waals surface area (Å²) in [7, 11) is 0. The molecule has 0 radical (unpaired) electrons. The molecule has 0 fully saturated rings. The third-order valence-electron chi connectivity index (χ3n) is 1.76. The van der Waals surface area contributed by atoms with Gasteiger partial charge in [-0.3, -0.25) is 0 Å². The van der Waals surface area contributed by atoms with Crippen molar-refractivity contribution in [2.45, 2.75) is 10.1 Å². The van der Waals surface area contributed by atoms with Crippen molar-refractivity contribution in [2.24, 2.45) is 0 Å². The Kier molecular flexibility index (Phi) is 2.84. The highest BCUT2D eigenvalue weighted by Gasteiger charge is 2.04. The molecule has 2 aromatic rings. The topological polar surface area (TPSA) is 26.0 Å². The van der Waals surface area contributed by atoms with Crippen molar-refractivity contribution in [1.82, 2.24) is 4.98 Å². The average molecular weight is 223 g/mol. The Morgan fingerprint density at radius 3 is 3.07 bits per heavy atom. The van der Waals surface area contributed by atoms with E-state index in [0.717, 1.165) is 11.1 Å². The predicted molar refractivity (Wildman–Crippen MR) is 61.8 cm³/mol. The Hall–Kier alpha value is -0.870. The van der Waals surface area contributed by atoms with Crippen LogP contribution in [0.4, 0.5) is 0 Å². The first kappa shape index (κ1) is 9.68. The van der Waals surface area contributed by atoms with Crippen molar-refractivity contribution < 1.29 is 4.42 Å². The first-order chi connectivity index (χ1) is 6.83. The zero-order chi connectivity index (χ0) is 9.97. The second-order valence-corrected chi connectivity index (χ2v) is 4.40. The Labute approximate surface area is 90.8 Å². The van der Waals surface area contributed by atoms with Crippen LogP contribution in [0.15, 0.2) is 44.7 Å². The molecule has 2 rings (SSSR count). The second-order valence-electron chi connectivity index (χ2n) is 2.60. The molecule has 0 saturated heterocycles. The lowest BCUT2D eigenvalue weighted by Gasteiger charge is -1.92. The molecule has 2 nitrogen and oxygen atoms in total. The standard InChI is InChI=1S/C10H9NOS2/c1-3-14-10-11-8-5-4-7(13-2)6-9(8)12-10/h3-6H,1H2,2H3. The molecule has 0 aliphatic heterocycles. The van der Waals surface area contributed by atoms with Gasteiger partial charge in [0.1, 0.15) is 5.52 Å². The van der Waals surface area contributed by atoms with Gasteiger partial charge in [-0.15, -0.1) is 11.8 Å². The fourth-order valence-corrected chi connectivity index (χ4v) is 1.99. The zero-order valence-corrected chi connectivity index (χ0v) is 9.32. The van der Waals surface area contributed by atoms with E-state index in [1.54, 1.807) is 17.2 Å². The molecule has 72 valence electrons. The number of hydrogen-bond donors (Lipinski definition) is 0. The van der Waals surface area contributed by atoms with E-state index in [-0.39, 0.29) is 0 Å². The minimum absolute atomic E-state index is 0.647. The van der Waals surface area contributed by atoms with Gasteiger partial charge in [0, 0.05) is 4.90 Å². The maximum atomic E-state index is 5.52. The highest BCUT2D eigenvalue weighted by Crippen LogP contribution is 2.26. The average Bonchev–Trinajstić information content (AvgIpc) is 2.59. The van der Waals surface area contributed by atoms with E-state index < -0.39 is 0 Å². The van der Waals surface area contributed by atoms with Crippen molar-refractivity contribution in [2.75, 3.05) is 6.26 Å². The summed E-state index contributed by atoms with van der Waals surface area (Å²) >= 11 is 3.09. The van der Waals surface area contributed by atoms with Crippen LogP contribution < -0.4 is 0 Å². The van der Waals surface area contributed by atoms with Crippen LogP contribution in [-0.2, 0) is 0 Å². The van der Waals surface area contributed by atoms with Crippen molar-refractivity contribution in [1.29, 1.82) is 0 Å².